The first kappa shape index (κ1) is 19.6. The molecule has 29 heavy (non-hydrogen) atoms. The smallest absolute Gasteiger partial charge is 0.162 e. The molecule has 1 fully saturated rings. The molecule has 4 rings (SSSR count). The van der Waals surface area contributed by atoms with Crippen molar-refractivity contribution in [3.63, 3.8) is 0 Å². The molecule has 1 saturated heterocycles. The van der Waals surface area contributed by atoms with E-state index in [1.807, 2.05) is 42.5 Å². The second kappa shape index (κ2) is 9.20. The normalized spacial score (nSPS) is 15.9. The third-order valence-electron chi connectivity index (χ3n) is 5.37. The SMILES string of the molecule is CC[C@H](CN1CCOCC1)Nc1nc(-c2ccc(OC)cc2)nc2ccccc12. The van der Waals surface area contributed by atoms with Gasteiger partial charge >= 0.3 is 0 Å². The molecular formula is C23H28N4O2. The summed E-state index contributed by atoms with van der Waals surface area (Å²) in [4.78, 5) is 12.1. The summed E-state index contributed by atoms with van der Waals surface area (Å²) in [6, 6.07) is 16.4. The maximum absolute atomic E-state index is 5.48. The molecule has 0 amide bonds. The van der Waals surface area contributed by atoms with Crippen LogP contribution in [-0.2, 0) is 4.74 Å². The van der Waals surface area contributed by atoms with E-state index in [1.54, 1.807) is 7.11 Å². The second-order valence-corrected chi connectivity index (χ2v) is 7.30. The van der Waals surface area contributed by atoms with Gasteiger partial charge in [0.1, 0.15) is 11.6 Å². The van der Waals surface area contributed by atoms with Gasteiger partial charge in [0.25, 0.3) is 0 Å². The van der Waals surface area contributed by atoms with E-state index >= 15 is 0 Å². The Labute approximate surface area is 171 Å². The minimum Gasteiger partial charge on any atom is -0.497 e. The number of para-hydroxylation sites is 1. The molecule has 152 valence electrons. The fourth-order valence-corrected chi connectivity index (χ4v) is 3.62. The molecular weight excluding hydrogens is 364 g/mol. The van der Waals surface area contributed by atoms with Gasteiger partial charge in [-0.3, -0.25) is 4.90 Å². The van der Waals surface area contributed by atoms with Crippen LogP contribution in [0.15, 0.2) is 48.5 Å². The van der Waals surface area contributed by atoms with E-state index in [1.165, 1.54) is 0 Å². The van der Waals surface area contributed by atoms with Crippen molar-refractivity contribution in [3.8, 4) is 17.1 Å². The number of hydrogen-bond donors (Lipinski definition) is 1. The van der Waals surface area contributed by atoms with Gasteiger partial charge in [-0.05, 0) is 42.8 Å². The van der Waals surface area contributed by atoms with E-state index < -0.39 is 0 Å². The predicted molar refractivity (Wildman–Crippen MR) is 116 cm³/mol. The predicted octanol–water partition coefficient (Wildman–Crippen LogP) is 3.83. The van der Waals surface area contributed by atoms with Crippen molar-refractivity contribution in [2.24, 2.45) is 0 Å². The van der Waals surface area contributed by atoms with Crippen LogP contribution in [0.5, 0.6) is 5.75 Å². The highest BCUT2D eigenvalue weighted by Gasteiger charge is 2.18. The maximum atomic E-state index is 5.48. The Morgan fingerprint density at radius 2 is 1.83 bits per heavy atom. The number of anilines is 1. The first-order valence-electron chi connectivity index (χ1n) is 10.2. The van der Waals surface area contributed by atoms with Crippen LogP contribution in [-0.4, -0.2) is 60.9 Å². The number of nitrogens with zero attached hydrogens (tertiary/aromatic N) is 3. The molecule has 0 unspecified atom stereocenters. The maximum Gasteiger partial charge on any atom is 0.162 e. The minimum absolute atomic E-state index is 0.315. The summed E-state index contributed by atoms with van der Waals surface area (Å²) in [5.74, 6) is 2.43. The highest BCUT2D eigenvalue weighted by molar-refractivity contribution is 5.90. The molecule has 1 N–H and O–H groups in total. The lowest BCUT2D eigenvalue weighted by Gasteiger charge is -2.30. The van der Waals surface area contributed by atoms with Gasteiger partial charge in [0.05, 0.1) is 25.8 Å². The molecule has 1 atom stereocenters. The minimum atomic E-state index is 0.315. The number of methoxy groups -OCH3 is 1. The molecule has 1 aromatic heterocycles. The summed E-state index contributed by atoms with van der Waals surface area (Å²) < 4.78 is 10.8. The second-order valence-electron chi connectivity index (χ2n) is 7.30. The molecule has 3 aromatic rings. The Morgan fingerprint density at radius 3 is 2.55 bits per heavy atom. The van der Waals surface area contributed by atoms with E-state index in [0.29, 0.717) is 6.04 Å². The van der Waals surface area contributed by atoms with E-state index in [0.717, 1.165) is 73.1 Å². The van der Waals surface area contributed by atoms with Crippen molar-refractivity contribution in [3.05, 3.63) is 48.5 Å². The van der Waals surface area contributed by atoms with Crippen LogP contribution in [0, 0.1) is 0 Å². The highest BCUT2D eigenvalue weighted by atomic mass is 16.5. The summed E-state index contributed by atoms with van der Waals surface area (Å²) in [7, 11) is 1.67. The zero-order valence-electron chi connectivity index (χ0n) is 17.1. The highest BCUT2D eigenvalue weighted by Crippen LogP contribution is 2.27. The lowest BCUT2D eigenvalue weighted by Crippen LogP contribution is -2.43. The third kappa shape index (κ3) is 4.66. The number of aromatic nitrogens is 2. The number of fused-ring (bicyclic) bond motifs is 1. The summed E-state index contributed by atoms with van der Waals surface area (Å²) in [6.45, 7) is 6.80. The molecule has 6 nitrogen and oxygen atoms in total. The number of ether oxygens (including phenoxy) is 2. The molecule has 0 saturated carbocycles. The summed E-state index contributed by atoms with van der Waals surface area (Å²) >= 11 is 0. The molecule has 0 spiro atoms. The standard InChI is InChI=1S/C23H28N4O2/c1-3-18(16-27-12-14-29-15-13-27)24-23-20-6-4-5-7-21(20)25-22(26-23)17-8-10-19(28-2)11-9-17/h4-11,18H,3,12-16H2,1-2H3,(H,24,25,26)/t18-/m1/s1. The Morgan fingerprint density at radius 1 is 1.07 bits per heavy atom. The van der Waals surface area contributed by atoms with Gasteiger partial charge < -0.3 is 14.8 Å². The van der Waals surface area contributed by atoms with Crippen LogP contribution in [0.1, 0.15) is 13.3 Å². The van der Waals surface area contributed by atoms with Crippen molar-refractivity contribution in [2.75, 3.05) is 45.3 Å². The van der Waals surface area contributed by atoms with Gasteiger partial charge in [0.2, 0.25) is 0 Å². The van der Waals surface area contributed by atoms with Crippen LogP contribution in [0.2, 0.25) is 0 Å². The fourth-order valence-electron chi connectivity index (χ4n) is 3.62. The Balaban J connectivity index is 1.64. The molecule has 0 radical (unpaired) electrons. The van der Waals surface area contributed by atoms with Gasteiger partial charge in [-0.25, -0.2) is 9.97 Å². The lowest BCUT2D eigenvalue weighted by atomic mass is 10.1. The first-order chi connectivity index (χ1) is 14.3. The van der Waals surface area contributed by atoms with Crippen LogP contribution in [0.4, 0.5) is 5.82 Å². The molecule has 2 heterocycles. The monoisotopic (exact) mass is 392 g/mol. The third-order valence-corrected chi connectivity index (χ3v) is 5.37. The topological polar surface area (TPSA) is 59.5 Å². The number of nitrogens with one attached hydrogen (secondary N) is 1. The van der Waals surface area contributed by atoms with Crippen molar-refractivity contribution in [1.82, 2.24) is 14.9 Å². The molecule has 6 heteroatoms. The number of rotatable bonds is 7. The van der Waals surface area contributed by atoms with Crippen molar-refractivity contribution >= 4 is 16.7 Å². The quantitative estimate of drug-likeness (QED) is 0.659. The van der Waals surface area contributed by atoms with Crippen LogP contribution in [0.25, 0.3) is 22.3 Å². The van der Waals surface area contributed by atoms with Gasteiger partial charge in [0.15, 0.2) is 5.82 Å². The zero-order chi connectivity index (χ0) is 20.1. The number of benzene rings is 2. The van der Waals surface area contributed by atoms with E-state index in [-0.39, 0.29) is 0 Å². The van der Waals surface area contributed by atoms with Gasteiger partial charge in [0, 0.05) is 36.6 Å². The molecule has 1 aliphatic rings. The van der Waals surface area contributed by atoms with E-state index in [9.17, 15) is 0 Å². The van der Waals surface area contributed by atoms with Crippen LogP contribution in [0.3, 0.4) is 0 Å². The Hall–Kier alpha value is -2.70. The summed E-state index contributed by atoms with van der Waals surface area (Å²) in [6.07, 6.45) is 1.02. The van der Waals surface area contributed by atoms with Crippen molar-refractivity contribution in [1.29, 1.82) is 0 Å². The van der Waals surface area contributed by atoms with Crippen molar-refractivity contribution in [2.45, 2.75) is 19.4 Å². The Kier molecular flexibility index (Phi) is 6.22. The first-order valence-corrected chi connectivity index (χ1v) is 10.2. The van der Waals surface area contributed by atoms with E-state index in [2.05, 4.69) is 23.2 Å². The summed E-state index contributed by atoms with van der Waals surface area (Å²) in [5, 5.41) is 4.74. The molecule has 0 bridgehead atoms. The number of hydrogen-bond acceptors (Lipinski definition) is 6. The van der Waals surface area contributed by atoms with Crippen molar-refractivity contribution < 1.29 is 9.47 Å². The fraction of sp³-hybridized carbons (Fsp3) is 0.391. The zero-order valence-corrected chi connectivity index (χ0v) is 17.1. The average molecular weight is 393 g/mol. The average Bonchev–Trinajstić information content (AvgIpc) is 2.79. The van der Waals surface area contributed by atoms with Gasteiger partial charge in [-0.1, -0.05) is 19.1 Å². The van der Waals surface area contributed by atoms with Gasteiger partial charge in [-0.2, -0.15) is 0 Å². The molecule has 1 aliphatic heterocycles. The number of morpholine rings is 1. The molecule has 2 aromatic carbocycles. The Bertz CT molecular complexity index is 939. The van der Waals surface area contributed by atoms with Crippen LogP contribution >= 0.6 is 0 Å². The van der Waals surface area contributed by atoms with Gasteiger partial charge in [-0.15, -0.1) is 0 Å². The van der Waals surface area contributed by atoms with E-state index in [4.69, 9.17) is 19.4 Å². The summed E-state index contributed by atoms with van der Waals surface area (Å²) in [5.41, 5.74) is 1.91. The molecule has 0 aliphatic carbocycles. The largest absolute Gasteiger partial charge is 0.497 e. The lowest BCUT2D eigenvalue weighted by molar-refractivity contribution is 0.0360. The van der Waals surface area contributed by atoms with Crippen LogP contribution < -0.4 is 10.1 Å².